The third-order valence-corrected chi connectivity index (χ3v) is 3.26. The Morgan fingerprint density at radius 3 is 2.62 bits per heavy atom. The van der Waals surface area contributed by atoms with Crippen molar-refractivity contribution in [2.45, 2.75) is 24.8 Å². The molecule has 0 radical (unpaired) electrons. The fourth-order valence-corrected chi connectivity index (χ4v) is 2.10. The predicted octanol–water partition coefficient (Wildman–Crippen LogP) is 1.55. The average Bonchev–Trinajstić information content (AvgIpc) is 2.25. The molecule has 2 rings (SSSR count). The van der Waals surface area contributed by atoms with Gasteiger partial charge in [0.1, 0.15) is 0 Å². The van der Waals surface area contributed by atoms with Crippen LogP contribution in [0.2, 0.25) is 0 Å². The Labute approximate surface area is 94.0 Å². The normalized spacial score (nSPS) is 17.6. The molecule has 4 heteroatoms. The van der Waals surface area contributed by atoms with Gasteiger partial charge in [-0.3, -0.25) is 4.79 Å². The summed E-state index contributed by atoms with van der Waals surface area (Å²) in [6.07, 6.45) is 3.50. The number of aldehydes is 1. The molecule has 1 aromatic carbocycles. The fraction of sp³-hybridized carbons (Fsp3) is 0.417. The summed E-state index contributed by atoms with van der Waals surface area (Å²) in [7, 11) is 1.45. The zero-order valence-electron chi connectivity index (χ0n) is 9.19. The summed E-state index contributed by atoms with van der Waals surface area (Å²) in [5.74, 6) is 0.327. The van der Waals surface area contributed by atoms with Crippen LogP contribution in [0.1, 0.15) is 35.2 Å². The average molecular weight is 221 g/mol. The molecule has 1 aliphatic carbocycles. The number of benzene rings is 1. The summed E-state index contributed by atoms with van der Waals surface area (Å²) >= 11 is 0. The summed E-state index contributed by atoms with van der Waals surface area (Å²) in [5, 5.41) is 9.70. The molecule has 0 amide bonds. The number of carbonyl (C=O) groups is 1. The number of phenolic OH excluding ortho intramolecular Hbond substituents is 1. The monoisotopic (exact) mass is 221 g/mol. The van der Waals surface area contributed by atoms with E-state index in [1.54, 1.807) is 6.07 Å². The molecule has 16 heavy (non-hydrogen) atoms. The number of aromatic hydroxyl groups is 1. The van der Waals surface area contributed by atoms with Crippen LogP contribution in [0.3, 0.4) is 0 Å². The molecular formula is C12H15NO3. The van der Waals surface area contributed by atoms with E-state index in [0.29, 0.717) is 16.9 Å². The van der Waals surface area contributed by atoms with Gasteiger partial charge in [0.05, 0.1) is 7.11 Å². The number of carbonyl (C=O) groups excluding carboxylic acids is 1. The Kier molecular flexibility index (Phi) is 2.59. The Bertz CT molecular complexity index is 425. The van der Waals surface area contributed by atoms with E-state index in [1.807, 2.05) is 0 Å². The molecule has 1 saturated carbocycles. The second kappa shape index (κ2) is 3.79. The molecule has 0 bridgehead atoms. The van der Waals surface area contributed by atoms with Crippen LogP contribution in [-0.2, 0) is 5.54 Å². The maximum atomic E-state index is 11.0. The van der Waals surface area contributed by atoms with Crippen LogP contribution in [0.15, 0.2) is 12.1 Å². The van der Waals surface area contributed by atoms with E-state index >= 15 is 0 Å². The quantitative estimate of drug-likeness (QED) is 0.759. The first-order chi connectivity index (χ1) is 7.60. The van der Waals surface area contributed by atoms with Crippen LogP contribution in [-0.4, -0.2) is 18.5 Å². The molecule has 3 N–H and O–H groups in total. The lowest BCUT2D eigenvalue weighted by Gasteiger charge is -2.39. The maximum absolute atomic E-state index is 11.0. The Balaban J connectivity index is 2.52. The summed E-state index contributed by atoms with van der Waals surface area (Å²) in [4.78, 5) is 11.0. The SMILES string of the molecule is COc1cc(C=O)c(C2(N)CCC2)cc1O. The molecule has 0 heterocycles. The van der Waals surface area contributed by atoms with Crippen LogP contribution in [0.5, 0.6) is 11.5 Å². The topological polar surface area (TPSA) is 72.5 Å². The van der Waals surface area contributed by atoms with Crippen molar-refractivity contribution in [1.82, 2.24) is 0 Å². The number of rotatable bonds is 3. The van der Waals surface area contributed by atoms with Crippen LogP contribution < -0.4 is 10.5 Å². The van der Waals surface area contributed by atoms with Crippen molar-refractivity contribution in [3.8, 4) is 11.5 Å². The minimum atomic E-state index is -0.458. The standard InChI is InChI=1S/C12H15NO3/c1-16-11-5-8(7-14)9(6-10(11)15)12(13)3-2-4-12/h5-7,15H,2-4,13H2,1H3. The number of ether oxygens (including phenoxy) is 1. The number of phenols is 1. The second-order valence-corrected chi connectivity index (χ2v) is 4.24. The predicted molar refractivity (Wildman–Crippen MR) is 59.8 cm³/mol. The zero-order chi connectivity index (χ0) is 11.8. The molecular weight excluding hydrogens is 206 g/mol. The Morgan fingerprint density at radius 2 is 2.19 bits per heavy atom. The lowest BCUT2D eigenvalue weighted by Crippen LogP contribution is -2.44. The van der Waals surface area contributed by atoms with Gasteiger partial charge < -0.3 is 15.6 Å². The smallest absolute Gasteiger partial charge is 0.161 e. The highest BCUT2D eigenvalue weighted by molar-refractivity contribution is 5.80. The number of hydrogen-bond acceptors (Lipinski definition) is 4. The summed E-state index contributed by atoms with van der Waals surface area (Å²) in [5.41, 5.74) is 6.90. The van der Waals surface area contributed by atoms with Crippen molar-refractivity contribution in [2.75, 3.05) is 7.11 Å². The maximum Gasteiger partial charge on any atom is 0.161 e. The fourth-order valence-electron chi connectivity index (χ4n) is 2.10. The number of methoxy groups -OCH3 is 1. The van der Waals surface area contributed by atoms with Gasteiger partial charge in [-0.05, 0) is 37.0 Å². The molecule has 4 nitrogen and oxygen atoms in total. The first kappa shape index (κ1) is 11.0. The van der Waals surface area contributed by atoms with Gasteiger partial charge in [0.15, 0.2) is 17.8 Å². The van der Waals surface area contributed by atoms with Crippen molar-refractivity contribution in [1.29, 1.82) is 0 Å². The summed E-state index contributed by atoms with van der Waals surface area (Å²) in [6, 6.07) is 3.08. The highest BCUT2D eigenvalue weighted by Crippen LogP contribution is 2.43. The lowest BCUT2D eigenvalue weighted by atomic mass is 9.71. The van der Waals surface area contributed by atoms with Crippen LogP contribution >= 0.6 is 0 Å². The number of hydrogen-bond donors (Lipinski definition) is 2. The van der Waals surface area contributed by atoms with E-state index in [-0.39, 0.29) is 5.75 Å². The van der Waals surface area contributed by atoms with E-state index < -0.39 is 5.54 Å². The lowest BCUT2D eigenvalue weighted by molar-refractivity contribution is 0.111. The molecule has 0 unspecified atom stereocenters. The van der Waals surface area contributed by atoms with Gasteiger partial charge in [-0.1, -0.05) is 0 Å². The van der Waals surface area contributed by atoms with Gasteiger partial charge in [0, 0.05) is 11.1 Å². The van der Waals surface area contributed by atoms with Crippen LogP contribution in [0.25, 0.3) is 0 Å². The van der Waals surface area contributed by atoms with Gasteiger partial charge >= 0.3 is 0 Å². The molecule has 0 aromatic heterocycles. The molecule has 0 atom stereocenters. The van der Waals surface area contributed by atoms with E-state index in [9.17, 15) is 9.90 Å². The summed E-state index contributed by atoms with van der Waals surface area (Å²) < 4.78 is 4.96. The molecule has 1 aromatic rings. The molecule has 1 fully saturated rings. The minimum Gasteiger partial charge on any atom is -0.504 e. The van der Waals surface area contributed by atoms with E-state index in [2.05, 4.69) is 0 Å². The third kappa shape index (κ3) is 1.55. The Hall–Kier alpha value is -1.55. The van der Waals surface area contributed by atoms with Crippen molar-refractivity contribution in [3.05, 3.63) is 23.3 Å². The molecule has 86 valence electrons. The first-order valence-electron chi connectivity index (χ1n) is 5.26. The highest BCUT2D eigenvalue weighted by atomic mass is 16.5. The van der Waals surface area contributed by atoms with Crippen molar-refractivity contribution in [2.24, 2.45) is 5.73 Å². The van der Waals surface area contributed by atoms with Gasteiger partial charge in [0.2, 0.25) is 0 Å². The molecule has 0 spiro atoms. The molecule has 1 aliphatic rings. The summed E-state index contributed by atoms with van der Waals surface area (Å²) in [6.45, 7) is 0. The van der Waals surface area contributed by atoms with Crippen LogP contribution in [0, 0.1) is 0 Å². The second-order valence-electron chi connectivity index (χ2n) is 4.24. The van der Waals surface area contributed by atoms with Crippen molar-refractivity contribution >= 4 is 6.29 Å². The molecule has 0 saturated heterocycles. The van der Waals surface area contributed by atoms with Crippen LogP contribution in [0.4, 0.5) is 0 Å². The van der Waals surface area contributed by atoms with E-state index in [1.165, 1.54) is 13.2 Å². The number of nitrogens with two attached hydrogens (primary N) is 1. The highest BCUT2D eigenvalue weighted by Gasteiger charge is 2.36. The Morgan fingerprint density at radius 1 is 1.50 bits per heavy atom. The van der Waals surface area contributed by atoms with Crippen molar-refractivity contribution < 1.29 is 14.6 Å². The third-order valence-electron chi connectivity index (χ3n) is 3.26. The first-order valence-corrected chi connectivity index (χ1v) is 5.26. The van der Waals surface area contributed by atoms with E-state index in [4.69, 9.17) is 10.5 Å². The van der Waals surface area contributed by atoms with Gasteiger partial charge in [-0.25, -0.2) is 0 Å². The molecule has 0 aliphatic heterocycles. The van der Waals surface area contributed by atoms with E-state index in [0.717, 1.165) is 25.5 Å². The largest absolute Gasteiger partial charge is 0.504 e. The van der Waals surface area contributed by atoms with Gasteiger partial charge in [-0.15, -0.1) is 0 Å². The zero-order valence-corrected chi connectivity index (χ0v) is 9.19. The van der Waals surface area contributed by atoms with Crippen molar-refractivity contribution in [3.63, 3.8) is 0 Å². The minimum absolute atomic E-state index is 0.0276. The van der Waals surface area contributed by atoms with Gasteiger partial charge in [0.25, 0.3) is 0 Å². The van der Waals surface area contributed by atoms with Gasteiger partial charge in [-0.2, -0.15) is 0 Å².